The highest BCUT2D eigenvalue weighted by atomic mass is 79.9. The molecule has 0 aliphatic heterocycles. The lowest BCUT2D eigenvalue weighted by Crippen LogP contribution is -2.30. The summed E-state index contributed by atoms with van der Waals surface area (Å²) in [4.78, 5) is 13.6. The Labute approximate surface area is 116 Å². The van der Waals surface area contributed by atoms with Gasteiger partial charge in [-0.1, -0.05) is 22.0 Å². The Morgan fingerprint density at radius 1 is 1.50 bits per heavy atom. The molecule has 1 amide bonds. The topological polar surface area (TPSA) is 70.4 Å². The molecule has 1 aromatic rings. The Morgan fingerprint density at radius 2 is 2.22 bits per heavy atom. The Morgan fingerprint density at radius 3 is 2.78 bits per heavy atom. The zero-order chi connectivity index (χ0) is 13.5. The summed E-state index contributed by atoms with van der Waals surface area (Å²) >= 11 is 3.48. The molecular formula is C12H19BrN4O. The minimum atomic E-state index is -0.286. The van der Waals surface area contributed by atoms with E-state index in [2.05, 4.69) is 38.6 Å². The van der Waals surface area contributed by atoms with Crippen LogP contribution in [-0.2, 0) is 6.54 Å². The Hall–Kier alpha value is -0.950. The van der Waals surface area contributed by atoms with E-state index in [4.69, 9.17) is 5.84 Å². The smallest absolute Gasteiger partial charge is 0.265 e. The first-order valence-electron chi connectivity index (χ1n) is 5.71. The van der Waals surface area contributed by atoms with Crippen molar-refractivity contribution < 1.29 is 4.79 Å². The van der Waals surface area contributed by atoms with E-state index >= 15 is 0 Å². The van der Waals surface area contributed by atoms with Crippen molar-refractivity contribution in [2.75, 3.05) is 27.2 Å². The molecule has 0 bridgehead atoms. The number of nitrogens with one attached hydrogen (secondary N) is 2. The molecule has 0 heterocycles. The number of benzene rings is 1. The average molecular weight is 315 g/mol. The van der Waals surface area contributed by atoms with Gasteiger partial charge in [0.25, 0.3) is 5.91 Å². The van der Waals surface area contributed by atoms with Gasteiger partial charge in [0.1, 0.15) is 0 Å². The molecular weight excluding hydrogens is 296 g/mol. The van der Waals surface area contributed by atoms with Crippen molar-refractivity contribution in [2.24, 2.45) is 5.84 Å². The van der Waals surface area contributed by atoms with Gasteiger partial charge in [-0.3, -0.25) is 10.2 Å². The molecule has 100 valence electrons. The lowest BCUT2D eigenvalue weighted by Gasteiger charge is -2.17. The van der Waals surface area contributed by atoms with Crippen LogP contribution >= 0.6 is 15.9 Å². The van der Waals surface area contributed by atoms with Crippen molar-refractivity contribution in [3.05, 3.63) is 33.8 Å². The molecule has 1 rings (SSSR count). The van der Waals surface area contributed by atoms with Crippen molar-refractivity contribution in [3.8, 4) is 0 Å². The maximum absolute atomic E-state index is 11.4. The molecule has 0 saturated carbocycles. The second-order valence-electron chi connectivity index (χ2n) is 4.12. The normalized spacial score (nSPS) is 10.7. The number of hydrogen-bond acceptors (Lipinski definition) is 4. The fourth-order valence-electron chi connectivity index (χ4n) is 1.57. The maximum Gasteiger partial charge on any atom is 0.265 e. The summed E-state index contributed by atoms with van der Waals surface area (Å²) in [5, 5.41) is 3.11. The van der Waals surface area contributed by atoms with Crippen LogP contribution in [0.5, 0.6) is 0 Å². The van der Waals surface area contributed by atoms with Crippen LogP contribution in [0.15, 0.2) is 22.7 Å². The van der Waals surface area contributed by atoms with Crippen molar-refractivity contribution in [1.82, 2.24) is 15.6 Å². The SMILES string of the molecule is CNCCN(C)Cc1ccc(C(=O)NN)cc1Br. The molecule has 0 fully saturated rings. The van der Waals surface area contributed by atoms with Gasteiger partial charge in [-0.15, -0.1) is 0 Å². The molecule has 1 aromatic carbocycles. The van der Waals surface area contributed by atoms with Gasteiger partial charge in [-0.05, 0) is 31.8 Å². The molecule has 4 N–H and O–H groups in total. The summed E-state index contributed by atoms with van der Waals surface area (Å²) in [6.45, 7) is 2.74. The molecule has 0 atom stereocenters. The number of halogens is 1. The Bertz CT molecular complexity index is 411. The van der Waals surface area contributed by atoms with E-state index in [1.54, 1.807) is 12.1 Å². The van der Waals surface area contributed by atoms with E-state index in [1.807, 2.05) is 13.1 Å². The molecule has 18 heavy (non-hydrogen) atoms. The summed E-state index contributed by atoms with van der Waals surface area (Å²) < 4.78 is 0.917. The number of hydrogen-bond donors (Lipinski definition) is 3. The van der Waals surface area contributed by atoms with Gasteiger partial charge in [0.2, 0.25) is 0 Å². The van der Waals surface area contributed by atoms with Gasteiger partial charge >= 0.3 is 0 Å². The van der Waals surface area contributed by atoms with Crippen LogP contribution in [0.4, 0.5) is 0 Å². The third kappa shape index (κ3) is 4.38. The van der Waals surface area contributed by atoms with Gasteiger partial charge < -0.3 is 10.2 Å². The third-order valence-corrected chi connectivity index (χ3v) is 3.37. The number of nitrogens with two attached hydrogens (primary N) is 1. The van der Waals surface area contributed by atoms with Crippen LogP contribution in [0, 0.1) is 0 Å². The maximum atomic E-state index is 11.4. The molecule has 0 aliphatic carbocycles. The number of nitrogens with zero attached hydrogens (tertiary/aromatic N) is 1. The third-order valence-electron chi connectivity index (χ3n) is 2.63. The summed E-state index contributed by atoms with van der Waals surface area (Å²) in [5.74, 6) is 4.81. The highest BCUT2D eigenvalue weighted by Gasteiger charge is 2.08. The second kappa shape index (κ2) is 7.48. The number of amides is 1. The van der Waals surface area contributed by atoms with Crippen LogP contribution in [0.1, 0.15) is 15.9 Å². The van der Waals surface area contributed by atoms with Crippen molar-refractivity contribution in [2.45, 2.75) is 6.54 Å². The molecule has 0 aliphatic rings. The van der Waals surface area contributed by atoms with Crippen molar-refractivity contribution in [3.63, 3.8) is 0 Å². The highest BCUT2D eigenvalue weighted by molar-refractivity contribution is 9.10. The van der Waals surface area contributed by atoms with Crippen LogP contribution < -0.4 is 16.6 Å². The number of carbonyl (C=O) groups excluding carboxylic acids is 1. The molecule has 6 heteroatoms. The Kier molecular flexibility index (Phi) is 6.28. The van der Waals surface area contributed by atoms with E-state index in [1.165, 1.54) is 0 Å². The largest absolute Gasteiger partial charge is 0.318 e. The second-order valence-corrected chi connectivity index (χ2v) is 4.98. The highest BCUT2D eigenvalue weighted by Crippen LogP contribution is 2.20. The lowest BCUT2D eigenvalue weighted by atomic mass is 10.1. The van der Waals surface area contributed by atoms with Crippen molar-refractivity contribution >= 4 is 21.8 Å². The number of nitrogen functional groups attached to an aromatic ring is 1. The first kappa shape index (κ1) is 15.1. The minimum absolute atomic E-state index is 0.286. The zero-order valence-corrected chi connectivity index (χ0v) is 12.3. The van der Waals surface area contributed by atoms with E-state index < -0.39 is 0 Å². The monoisotopic (exact) mass is 314 g/mol. The van der Waals surface area contributed by atoms with Crippen molar-refractivity contribution in [1.29, 1.82) is 0 Å². The minimum Gasteiger partial charge on any atom is -0.318 e. The summed E-state index contributed by atoms with van der Waals surface area (Å²) in [6, 6.07) is 5.49. The predicted molar refractivity (Wildman–Crippen MR) is 76.1 cm³/mol. The van der Waals surface area contributed by atoms with Crippen LogP contribution in [0.2, 0.25) is 0 Å². The number of hydrazine groups is 1. The molecule has 0 spiro atoms. The molecule has 0 unspecified atom stereocenters. The van der Waals surface area contributed by atoms with E-state index in [9.17, 15) is 4.79 Å². The van der Waals surface area contributed by atoms with Gasteiger partial charge in [0.05, 0.1) is 0 Å². The van der Waals surface area contributed by atoms with Gasteiger partial charge in [0, 0.05) is 29.7 Å². The predicted octanol–water partition coefficient (Wildman–Crippen LogP) is 0.704. The standard InChI is InChI=1S/C12H19BrN4O/c1-15-5-6-17(2)8-10-4-3-9(7-11(10)13)12(18)16-14/h3-4,7,15H,5-6,8,14H2,1-2H3,(H,16,18). The van der Waals surface area contributed by atoms with E-state index in [0.717, 1.165) is 29.7 Å². The van der Waals surface area contributed by atoms with Gasteiger partial charge in [-0.2, -0.15) is 0 Å². The fourth-order valence-corrected chi connectivity index (χ4v) is 2.08. The first-order valence-corrected chi connectivity index (χ1v) is 6.50. The fraction of sp³-hybridized carbons (Fsp3) is 0.417. The Balaban J connectivity index is 2.70. The van der Waals surface area contributed by atoms with Gasteiger partial charge in [0.15, 0.2) is 0 Å². The summed E-state index contributed by atoms with van der Waals surface area (Å²) in [6.07, 6.45) is 0. The summed E-state index contributed by atoms with van der Waals surface area (Å²) in [7, 11) is 3.99. The average Bonchev–Trinajstić information content (AvgIpc) is 2.37. The summed E-state index contributed by atoms with van der Waals surface area (Å²) in [5.41, 5.74) is 3.81. The molecule has 5 nitrogen and oxygen atoms in total. The van der Waals surface area contributed by atoms with Crippen LogP contribution in [0.25, 0.3) is 0 Å². The van der Waals surface area contributed by atoms with E-state index in [-0.39, 0.29) is 5.91 Å². The first-order chi connectivity index (χ1) is 8.58. The lowest BCUT2D eigenvalue weighted by molar-refractivity contribution is 0.0953. The number of likely N-dealkylation sites (N-methyl/N-ethyl adjacent to an activating group) is 2. The molecule has 0 saturated heterocycles. The number of rotatable bonds is 6. The molecule has 0 aromatic heterocycles. The van der Waals surface area contributed by atoms with Crippen LogP contribution in [0.3, 0.4) is 0 Å². The molecule has 0 radical (unpaired) electrons. The van der Waals surface area contributed by atoms with Crippen LogP contribution in [-0.4, -0.2) is 38.0 Å². The van der Waals surface area contributed by atoms with Gasteiger partial charge in [-0.25, -0.2) is 5.84 Å². The van der Waals surface area contributed by atoms with E-state index in [0.29, 0.717) is 5.56 Å². The number of carbonyl (C=O) groups is 1. The quantitative estimate of drug-likeness (QED) is 0.411. The zero-order valence-electron chi connectivity index (χ0n) is 10.7.